The van der Waals surface area contributed by atoms with Gasteiger partial charge in [0, 0.05) is 6.20 Å². The predicted molar refractivity (Wildman–Crippen MR) is 72.2 cm³/mol. The number of benzene rings is 1. The van der Waals surface area contributed by atoms with Crippen LogP contribution in [0.5, 0.6) is 11.5 Å². The van der Waals surface area contributed by atoms with E-state index >= 15 is 0 Å². The highest BCUT2D eigenvalue weighted by Gasteiger charge is 2.28. The Morgan fingerprint density at radius 1 is 1.50 bits per heavy atom. The van der Waals surface area contributed by atoms with E-state index in [4.69, 9.17) is 19.0 Å². The largest absolute Gasteiger partial charge is 0.485 e. The fourth-order valence-corrected chi connectivity index (χ4v) is 1.74. The lowest BCUT2D eigenvalue weighted by atomic mass is 10.2. The first kappa shape index (κ1) is 14.2. The zero-order valence-electron chi connectivity index (χ0n) is 11.4. The standard InChI is InChI=1S/C14H17NO5/c1-3-18-14(16)13-9-19-11-5-4-10(6-7-15-17-2)8-12(11)20-13/h4-8,13,15H,3,9H2,1-2H3. The minimum Gasteiger partial charge on any atom is -0.485 e. The summed E-state index contributed by atoms with van der Waals surface area (Å²) in [6, 6.07) is 5.46. The second-order valence-corrected chi connectivity index (χ2v) is 4.03. The molecule has 1 atom stereocenters. The van der Waals surface area contributed by atoms with Crippen LogP contribution in [0.4, 0.5) is 0 Å². The van der Waals surface area contributed by atoms with Gasteiger partial charge in [0.1, 0.15) is 6.61 Å². The lowest BCUT2D eigenvalue weighted by molar-refractivity contribution is -0.153. The normalized spacial score (nSPS) is 17.0. The van der Waals surface area contributed by atoms with Gasteiger partial charge in [-0.25, -0.2) is 4.79 Å². The number of fused-ring (bicyclic) bond motifs is 1. The van der Waals surface area contributed by atoms with Gasteiger partial charge in [-0.05, 0) is 30.7 Å². The molecule has 0 amide bonds. The van der Waals surface area contributed by atoms with Crippen LogP contribution in [0, 0.1) is 0 Å². The van der Waals surface area contributed by atoms with Crippen molar-refractivity contribution in [2.45, 2.75) is 13.0 Å². The van der Waals surface area contributed by atoms with Gasteiger partial charge in [-0.1, -0.05) is 6.07 Å². The maximum atomic E-state index is 11.6. The van der Waals surface area contributed by atoms with Crippen molar-refractivity contribution in [3.63, 3.8) is 0 Å². The van der Waals surface area contributed by atoms with Crippen molar-refractivity contribution in [2.24, 2.45) is 0 Å². The molecule has 0 saturated heterocycles. The Bertz CT molecular complexity index is 500. The quantitative estimate of drug-likeness (QED) is 0.651. The van der Waals surface area contributed by atoms with E-state index in [1.807, 2.05) is 6.07 Å². The second kappa shape index (κ2) is 6.81. The fourth-order valence-electron chi connectivity index (χ4n) is 1.74. The molecule has 6 heteroatoms. The van der Waals surface area contributed by atoms with Crippen molar-refractivity contribution < 1.29 is 23.8 Å². The number of ether oxygens (including phenoxy) is 3. The first-order valence-corrected chi connectivity index (χ1v) is 6.29. The molecule has 1 aromatic rings. The summed E-state index contributed by atoms with van der Waals surface area (Å²) in [6.07, 6.45) is 2.73. The van der Waals surface area contributed by atoms with E-state index in [0.717, 1.165) is 5.56 Å². The van der Waals surface area contributed by atoms with Crippen molar-refractivity contribution in [3.8, 4) is 11.5 Å². The van der Waals surface area contributed by atoms with E-state index in [0.29, 0.717) is 18.1 Å². The summed E-state index contributed by atoms with van der Waals surface area (Å²) in [6.45, 7) is 2.23. The van der Waals surface area contributed by atoms with Crippen molar-refractivity contribution in [2.75, 3.05) is 20.3 Å². The molecule has 20 heavy (non-hydrogen) atoms. The Hall–Kier alpha value is -2.21. The molecule has 0 aliphatic carbocycles. The van der Waals surface area contributed by atoms with E-state index in [1.54, 1.807) is 31.3 Å². The third-order valence-electron chi connectivity index (χ3n) is 2.64. The molecular weight excluding hydrogens is 262 g/mol. The van der Waals surface area contributed by atoms with Gasteiger partial charge < -0.3 is 14.2 Å². The lowest BCUT2D eigenvalue weighted by Gasteiger charge is -2.25. The molecule has 0 radical (unpaired) electrons. The van der Waals surface area contributed by atoms with Crippen LogP contribution in [-0.2, 0) is 14.4 Å². The highest BCUT2D eigenvalue weighted by Crippen LogP contribution is 2.33. The summed E-state index contributed by atoms with van der Waals surface area (Å²) in [5.41, 5.74) is 3.48. The van der Waals surface area contributed by atoms with Crippen LogP contribution in [0.25, 0.3) is 6.08 Å². The summed E-state index contributed by atoms with van der Waals surface area (Å²) < 4.78 is 16.0. The van der Waals surface area contributed by atoms with E-state index in [-0.39, 0.29) is 6.61 Å². The van der Waals surface area contributed by atoms with Crippen molar-refractivity contribution >= 4 is 12.0 Å². The van der Waals surface area contributed by atoms with Gasteiger partial charge in [0.05, 0.1) is 13.7 Å². The maximum Gasteiger partial charge on any atom is 0.350 e. The summed E-state index contributed by atoms with van der Waals surface area (Å²) in [4.78, 5) is 16.3. The zero-order chi connectivity index (χ0) is 14.4. The van der Waals surface area contributed by atoms with E-state index < -0.39 is 12.1 Å². The molecule has 1 heterocycles. The van der Waals surface area contributed by atoms with Gasteiger partial charge in [0.15, 0.2) is 11.5 Å². The van der Waals surface area contributed by atoms with Crippen LogP contribution >= 0.6 is 0 Å². The third-order valence-corrected chi connectivity index (χ3v) is 2.64. The van der Waals surface area contributed by atoms with Gasteiger partial charge in [-0.15, -0.1) is 0 Å². The Kier molecular flexibility index (Phi) is 4.84. The van der Waals surface area contributed by atoms with E-state index in [1.165, 1.54) is 7.11 Å². The lowest BCUT2D eigenvalue weighted by Crippen LogP contribution is -2.37. The van der Waals surface area contributed by atoms with Crippen molar-refractivity contribution in [1.29, 1.82) is 0 Å². The number of carbonyl (C=O) groups excluding carboxylic acids is 1. The summed E-state index contributed by atoms with van der Waals surface area (Å²) in [5.74, 6) is 0.719. The monoisotopic (exact) mass is 279 g/mol. The maximum absolute atomic E-state index is 11.6. The van der Waals surface area contributed by atoms with Crippen LogP contribution in [0.3, 0.4) is 0 Å². The molecule has 1 N–H and O–H groups in total. The molecule has 6 nitrogen and oxygen atoms in total. The Morgan fingerprint density at radius 2 is 2.35 bits per heavy atom. The Morgan fingerprint density at radius 3 is 3.10 bits per heavy atom. The second-order valence-electron chi connectivity index (χ2n) is 4.03. The summed E-state index contributed by atoms with van der Waals surface area (Å²) in [7, 11) is 1.53. The number of esters is 1. The smallest absolute Gasteiger partial charge is 0.350 e. The molecule has 108 valence electrons. The molecule has 1 unspecified atom stereocenters. The molecule has 1 aliphatic rings. The Labute approximate surface area is 117 Å². The minimum absolute atomic E-state index is 0.159. The van der Waals surface area contributed by atoms with Gasteiger partial charge in [-0.3, -0.25) is 10.3 Å². The molecule has 0 saturated carbocycles. The average molecular weight is 279 g/mol. The minimum atomic E-state index is -0.723. The van der Waals surface area contributed by atoms with Crippen LogP contribution in [0.2, 0.25) is 0 Å². The molecule has 0 fully saturated rings. The summed E-state index contributed by atoms with van der Waals surface area (Å²) in [5, 5.41) is 0. The zero-order valence-corrected chi connectivity index (χ0v) is 11.4. The fraction of sp³-hybridized carbons (Fsp3) is 0.357. The highest BCUT2D eigenvalue weighted by molar-refractivity contribution is 5.76. The van der Waals surface area contributed by atoms with Crippen LogP contribution in [0.15, 0.2) is 24.4 Å². The van der Waals surface area contributed by atoms with E-state index in [9.17, 15) is 4.79 Å². The first-order chi connectivity index (χ1) is 9.74. The van der Waals surface area contributed by atoms with Crippen LogP contribution in [-0.4, -0.2) is 32.4 Å². The molecule has 1 aliphatic heterocycles. The van der Waals surface area contributed by atoms with Crippen molar-refractivity contribution in [1.82, 2.24) is 5.48 Å². The van der Waals surface area contributed by atoms with Gasteiger partial charge in [-0.2, -0.15) is 0 Å². The number of rotatable bonds is 5. The number of hydroxylamine groups is 1. The highest BCUT2D eigenvalue weighted by atomic mass is 16.6. The number of hydrogen-bond acceptors (Lipinski definition) is 6. The number of hydrogen-bond donors (Lipinski definition) is 1. The number of carbonyl (C=O) groups is 1. The van der Waals surface area contributed by atoms with E-state index in [2.05, 4.69) is 5.48 Å². The topological polar surface area (TPSA) is 66.0 Å². The predicted octanol–water partition coefficient (Wildman–Crippen LogP) is 1.51. The first-order valence-electron chi connectivity index (χ1n) is 6.29. The molecule has 2 rings (SSSR count). The molecule has 0 spiro atoms. The van der Waals surface area contributed by atoms with Crippen LogP contribution in [0.1, 0.15) is 12.5 Å². The molecular formula is C14H17NO5. The van der Waals surface area contributed by atoms with Crippen LogP contribution < -0.4 is 15.0 Å². The summed E-state index contributed by atoms with van der Waals surface area (Å²) >= 11 is 0. The van der Waals surface area contributed by atoms with Gasteiger partial charge >= 0.3 is 5.97 Å². The SMILES string of the molecule is CCOC(=O)C1COc2ccc(C=CNOC)cc2O1. The Balaban J connectivity index is 2.09. The average Bonchev–Trinajstić information content (AvgIpc) is 2.47. The van der Waals surface area contributed by atoms with Crippen molar-refractivity contribution in [3.05, 3.63) is 30.0 Å². The molecule has 1 aromatic carbocycles. The molecule has 0 aromatic heterocycles. The number of nitrogens with one attached hydrogen (secondary N) is 1. The molecule has 0 bridgehead atoms. The third kappa shape index (κ3) is 3.42. The van der Waals surface area contributed by atoms with Gasteiger partial charge in [0.25, 0.3) is 0 Å². The van der Waals surface area contributed by atoms with Gasteiger partial charge in [0.2, 0.25) is 6.10 Å².